The molecule has 0 spiro atoms. The molecule has 3 heteroatoms. The number of unbranched alkanes of at least 4 members (excludes halogenated alkanes) is 1. The number of hydrogen-bond donors (Lipinski definition) is 2. The van der Waals surface area contributed by atoms with E-state index in [1.807, 2.05) is 6.92 Å². The molecule has 1 aliphatic rings. The normalized spacial score (nSPS) is 24.0. The Morgan fingerprint density at radius 2 is 2.00 bits per heavy atom. The maximum Gasteiger partial charge on any atom is 0.0488 e. The summed E-state index contributed by atoms with van der Waals surface area (Å²) in [5, 5.41) is 0.837. The summed E-state index contributed by atoms with van der Waals surface area (Å²) < 4.78 is 0. The Bertz CT molecular complexity index is 439. The highest BCUT2D eigenvalue weighted by molar-refractivity contribution is 6.31. The van der Waals surface area contributed by atoms with Crippen molar-refractivity contribution in [2.45, 2.75) is 64.8 Å². The zero-order valence-corrected chi connectivity index (χ0v) is 14.1. The summed E-state index contributed by atoms with van der Waals surface area (Å²) in [6, 6.07) is 6.56. The minimum Gasteiger partial charge on any atom is -0.271 e. The Balaban J connectivity index is 1.97. The van der Waals surface area contributed by atoms with Crippen molar-refractivity contribution >= 4 is 11.6 Å². The van der Waals surface area contributed by atoms with E-state index in [0.29, 0.717) is 5.92 Å². The van der Waals surface area contributed by atoms with E-state index in [9.17, 15) is 0 Å². The SMILES string of the molecule is CCCCC1CCC(C(NN)c2ccc(C)c(Cl)c2)CC1. The number of hydrogen-bond acceptors (Lipinski definition) is 2. The first-order valence-corrected chi connectivity index (χ1v) is 8.75. The van der Waals surface area contributed by atoms with Crippen LogP contribution in [0, 0.1) is 18.8 Å². The van der Waals surface area contributed by atoms with Crippen molar-refractivity contribution in [3.63, 3.8) is 0 Å². The van der Waals surface area contributed by atoms with Crippen LogP contribution >= 0.6 is 11.6 Å². The van der Waals surface area contributed by atoms with E-state index < -0.39 is 0 Å². The van der Waals surface area contributed by atoms with Crippen LogP contribution in [0.15, 0.2) is 18.2 Å². The van der Waals surface area contributed by atoms with Crippen molar-refractivity contribution in [1.82, 2.24) is 5.43 Å². The maximum absolute atomic E-state index is 6.27. The summed E-state index contributed by atoms with van der Waals surface area (Å²) in [7, 11) is 0. The summed E-state index contributed by atoms with van der Waals surface area (Å²) in [6.45, 7) is 4.32. The first-order valence-electron chi connectivity index (χ1n) is 8.37. The van der Waals surface area contributed by atoms with E-state index in [-0.39, 0.29) is 6.04 Å². The maximum atomic E-state index is 6.27. The number of aryl methyl sites for hydroxylation is 1. The molecule has 0 heterocycles. The lowest BCUT2D eigenvalue weighted by Crippen LogP contribution is -2.35. The summed E-state index contributed by atoms with van der Waals surface area (Å²) >= 11 is 6.27. The van der Waals surface area contributed by atoms with Gasteiger partial charge in [0.05, 0.1) is 0 Å². The van der Waals surface area contributed by atoms with E-state index in [1.54, 1.807) is 0 Å². The van der Waals surface area contributed by atoms with Crippen LogP contribution in [0.1, 0.15) is 69.0 Å². The fourth-order valence-corrected chi connectivity index (χ4v) is 3.80. The minimum absolute atomic E-state index is 0.232. The van der Waals surface area contributed by atoms with Crippen molar-refractivity contribution in [2.24, 2.45) is 17.7 Å². The van der Waals surface area contributed by atoms with Crippen molar-refractivity contribution in [3.05, 3.63) is 34.3 Å². The monoisotopic (exact) mass is 308 g/mol. The predicted molar refractivity (Wildman–Crippen MR) is 91.2 cm³/mol. The van der Waals surface area contributed by atoms with Gasteiger partial charge in [0.25, 0.3) is 0 Å². The molecule has 0 saturated heterocycles. The Kier molecular flexibility index (Phi) is 6.53. The van der Waals surface area contributed by atoms with Crippen LogP contribution in [0.5, 0.6) is 0 Å². The van der Waals surface area contributed by atoms with Crippen LogP contribution in [0.25, 0.3) is 0 Å². The average Bonchev–Trinajstić information content (AvgIpc) is 2.50. The van der Waals surface area contributed by atoms with Crippen molar-refractivity contribution in [3.8, 4) is 0 Å². The molecular weight excluding hydrogens is 280 g/mol. The van der Waals surface area contributed by atoms with Gasteiger partial charge in [-0.1, -0.05) is 62.8 Å². The number of rotatable bonds is 6. The molecule has 0 radical (unpaired) electrons. The summed E-state index contributed by atoms with van der Waals surface area (Å²) in [5.41, 5.74) is 5.39. The topological polar surface area (TPSA) is 38.0 Å². The van der Waals surface area contributed by atoms with Gasteiger partial charge in [0.2, 0.25) is 0 Å². The van der Waals surface area contributed by atoms with Crippen LogP contribution < -0.4 is 11.3 Å². The van der Waals surface area contributed by atoms with Gasteiger partial charge in [-0.05, 0) is 48.8 Å². The fourth-order valence-electron chi connectivity index (χ4n) is 3.61. The first-order chi connectivity index (χ1) is 10.2. The molecule has 0 aliphatic heterocycles. The molecule has 1 aliphatic carbocycles. The smallest absolute Gasteiger partial charge is 0.0488 e. The van der Waals surface area contributed by atoms with Crippen molar-refractivity contribution < 1.29 is 0 Å². The van der Waals surface area contributed by atoms with E-state index in [0.717, 1.165) is 16.5 Å². The summed E-state index contributed by atoms with van der Waals surface area (Å²) in [5.74, 6) is 7.41. The van der Waals surface area contributed by atoms with E-state index in [4.69, 9.17) is 17.4 Å². The van der Waals surface area contributed by atoms with Gasteiger partial charge in [-0.2, -0.15) is 0 Å². The molecule has 2 rings (SSSR count). The molecule has 0 aromatic heterocycles. The predicted octanol–water partition coefficient (Wildman–Crippen LogP) is 5.15. The molecule has 3 N–H and O–H groups in total. The summed E-state index contributed by atoms with van der Waals surface area (Å²) in [6.07, 6.45) is 9.34. The second-order valence-electron chi connectivity index (χ2n) is 6.58. The zero-order valence-electron chi connectivity index (χ0n) is 13.4. The van der Waals surface area contributed by atoms with Gasteiger partial charge in [0.1, 0.15) is 0 Å². The van der Waals surface area contributed by atoms with Crippen LogP contribution in [0.4, 0.5) is 0 Å². The fraction of sp³-hybridized carbons (Fsp3) is 0.667. The zero-order chi connectivity index (χ0) is 15.2. The van der Waals surface area contributed by atoms with Crippen LogP contribution in [-0.2, 0) is 0 Å². The summed E-state index contributed by atoms with van der Waals surface area (Å²) in [4.78, 5) is 0. The average molecular weight is 309 g/mol. The molecule has 118 valence electrons. The van der Waals surface area contributed by atoms with Gasteiger partial charge >= 0.3 is 0 Å². The molecule has 0 amide bonds. The van der Waals surface area contributed by atoms with Crippen LogP contribution in [0.3, 0.4) is 0 Å². The lowest BCUT2D eigenvalue weighted by molar-refractivity contribution is 0.213. The number of nitrogens with two attached hydrogens (primary N) is 1. The molecular formula is C18H29ClN2. The highest BCUT2D eigenvalue weighted by Gasteiger charge is 2.28. The highest BCUT2D eigenvalue weighted by Crippen LogP contribution is 2.38. The van der Waals surface area contributed by atoms with Gasteiger partial charge in [-0.3, -0.25) is 11.3 Å². The standard InChI is InChI=1S/C18H29ClN2/c1-3-4-5-14-7-10-15(11-8-14)18(21-20)16-9-6-13(2)17(19)12-16/h6,9,12,14-15,18,21H,3-5,7-8,10-11,20H2,1-2H3. The second-order valence-corrected chi connectivity index (χ2v) is 6.98. The number of hydrazine groups is 1. The molecule has 1 saturated carbocycles. The van der Waals surface area contributed by atoms with Gasteiger partial charge in [-0.25, -0.2) is 0 Å². The first kappa shape index (κ1) is 16.8. The third-order valence-electron chi connectivity index (χ3n) is 5.06. The second kappa shape index (κ2) is 8.17. The quantitative estimate of drug-likeness (QED) is 0.563. The van der Waals surface area contributed by atoms with Crippen LogP contribution in [0.2, 0.25) is 5.02 Å². The Morgan fingerprint density at radius 1 is 1.29 bits per heavy atom. The van der Waals surface area contributed by atoms with Gasteiger partial charge in [0, 0.05) is 11.1 Å². The molecule has 2 nitrogen and oxygen atoms in total. The Labute approximate surface area is 134 Å². The van der Waals surface area contributed by atoms with Gasteiger partial charge in [-0.15, -0.1) is 0 Å². The molecule has 1 aromatic rings. The largest absolute Gasteiger partial charge is 0.271 e. The lowest BCUT2D eigenvalue weighted by atomic mass is 9.75. The van der Waals surface area contributed by atoms with E-state index in [1.165, 1.54) is 50.5 Å². The molecule has 1 unspecified atom stereocenters. The lowest BCUT2D eigenvalue weighted by Gasteiger charge is -2.34. The molecule has 1 atom stereocenters. The number of halogens is 1. The van der Waals surface area contributed by atoms with Crippen molar-refractivity contribution in [1.29, 1.82) is 0 Å². The number of nitrogens with one attached hydrogen (secondary N) is 1. The minimum atomic E-state index is 0.232. The third kappa shape index (κ3) is 4.45. The molecule has 0 bridgehead atoms. The molecule has 1 aromatic carbocycles. The van der Waals surface area contributed by atoms with E-state index >= 15 is 0 Å². The third-order valence-corrected chi connectivity index (χ3v) is 5.47. The molecule has 1 fully saturated rings. The molecule has 21 heavy (non-hydrogen) atoms. The number of benzene rings is 1. The van der Waals surface area contributed by atoms with Crippen LogP contribution in [-0.4, -0.2) is 0 Å². The van der Waals surface area contributed by atoms with Gasteiger partial charge < -0.3 is 0 Å². The highest BCUT2D eigenvalue weighted by atomic mass is 35.5. The van der Waals surface area contributed by atoms with Crippen molar-refractivity contribution in [2.75, 3.05) is 0 Å². The van der Waals surface area contributed by atoms with E-state index in [2.05, 4.69) is 30.5 Å². The Morgan fingerprint density at radius 3 is 2.57 bits per heavy atom. The Hall–Kier alpha value is -0.570. The van der Waals surface area contributed by atoms with Gasteiger partial charge in [0.15, 0.2) is 0 Å².